The van der Waals surface area contributed by atoms with Gasteiger partial charge in [-0.15, -0.1) is 0 Å². The lowest BCUT2D eigenvalue weighted by atomic mass is 9.82. The highest BCUT2D eigenvalue weighted by atomic mass is 32.1. The zero-order valence-electron chi connectivity index (χ0n) is 15.1. The summed E-state index contributed by atoms with van der Waals surface area (Å²) in [6, 6.07) is 12.6. The number of rotatable bonds is 3. The van der Waals surface area contributed by atoms with Crippen molar-refractivity contribution in [3.8, 4) is 11.1 Å². The molecular weight excluding hydrogens is 387 g/mol. The van der Waals surface area contributed by atoms with Gasteiger partial charge < -0.3 is 10.7 Å². The number of nitrogens with zero attached hydrogens (tertiary/aromatic N) is 3. The molecule has 1 aromatic carbocycles. The molecule has 0 aliphatic carbocycles. The van der Waals surface area contributed by atoms with Crippen molar-refractivity contribution in [1.29, 1.82) is 0 Å². The van der Waals surface area contributed by atoms with E-state index in [1.165, 1.54) is 12.1 Å². The van der Waals surface area contributed by atoms with Crippen molar-refractivity contribution in [1.82, 2.24) is 10.3 Å². The number of hydrogen-bond acceptors (Lipinski definition) is 3. The molecule has 1 saturated heterocycles. The fourth-order valence-corrected chi connectivity index (χ4v) is 3.78. The second-order valence-corrected chi connectivity index (χ2v) is 7.00. The Morgan fingerprint density at radius 2 is 1.66 bits per heavy atom. The number of pyridine rings is 2. The minimum Gasteiger partial charge on any atom is -0.763 e. The van der Waals surface area contributed by atoms with Gasteiger partial charge in [-0.05, 0) is 41.0 Å². The van der Waals surface area contributed by atoms with Gasteiger partial charge in [0.05, 0.1) is 5.92 Å². The monoisotopic (exact) mass is 402 g/mol. The van der Waals surface area contributed by atoms with Crippen molar-refractivity contribution in [3.05, 3.63) is 95.7 Å². The van der Waals surface area contributed by atoms with E-state index in [9.17, 15) is 14.6 Å². The summed E-state index contributed by atoms with van der Waals surface area (Å²) in [6.07, 6.45) is 7.01. The first-order valence-electron chi connectivity index (χ1n) is 8.87. The number of nitrogens with one attached hydrogen (secondary N) is 1. The number of halogens is 1. The van der Waals surface area contributed by atoms with Gasteiger partial charge >= 0.3 is 0 Å². The summed E-state index contributed by atoms with van der Waals surface area (Å²) in [7, 11) is 0. The second-order valence-electron chi connectivity index (χ2n) is 6.59. The van der Waals surface area contributed by atoms with Gasteiger partial charge in [-0.2, -0.15) is 4.57 Å². The van der Waals surface area contributed by atoms with Gasteiger partial charge in [-0.3, -0.25) is 15.6 Å². The topological polar surface area (TPSA) is 68.2 Å². The minimum atomic E-state index is -0.728. The van der Waals surface area contributed by atoms with Crippen LogP contribution in [0.4, 0.5) is 4.39 Å². The zero-order valence-corrected chi connectivity index (χ0v) is 15.9. The standard InChI is InChI=1S/C22H15FN4OS/c23-17-3-1-16(2-4-17)19-18(13-24)22(29)26-21(28)20(19)27-11-7-15(8-12-27)14-5-9-25-10-6-14/h1-12,19-20H,(H,26,28,29)/t19-,20+/m0/s1. The molecule has 7 heteroatoms. The maximum atomic E-state index is 13.4. The molecule has 0 saturated carbocycles. The molecular formula is C22H15FN4OS. The van der Waals surface area contributed by atoms with Crippen LogP contribution in [0.1, 0.15) is 17.5 Å². The fraction of sp³-hybridized carbons (Fsp3) is 0.0909. The van der Waals surface area contributed by atoms with Crippen LogP contribution in [0.3, 0.4) is 0 Å². The lowest BCUT2D eigenvalue weighted by Crippen LogP contribution is -2.56. The Hall–Kier alpha value is -3.54. The first-order chi connectivity index (χ1) is 14.1. The third-order valence-electron chi connectivity index (χ3n) is 4.91. The normalized spacial score (nSPS) is 18.9. The lowest BCUT2D eigenvalue weighted by molar-refractivity contribution is -0.711. The Bertz CT molecular complexity index is 1120. The number of thiocarbonyl (C=S) groups is 1. The average Bonchev–Trinajstić information content (AvgIpc) is 2.75. The Balaban J connectivity index is 1.78. The summed E-state index contributed by atoms with van der Waals surface area (Å²) >= 11 is 5.21. The molecule has 0 spiro atoms. The highest BCUT2D eigenvalue weighted by Crippen LogP contribution is 2.35. The van der Waals surface area contributed by atoms with Crippen molar-refractivity contribution >= 4 is 29.0 Å². The molecule has 3 heterocycles. The van der Waals surface area contributed by atoms with Gasteiger partial charge in [0.1, 0.15) is 10.8 Å². The van der Waals surface area contributed by atoms with E-state index < -0.39 is 12.0 Å². The molecule has 1 aliphatic heterocycles. The quantitative estimate of drug-likeness (QED) is 0.317. The van der Waals surface area contributed by atoms with E-state index in [0.717, 1.165) is 11.1 Å². The predicted molar refractivity (Wildman–Crippen MR) is 111 cm³/mol. The van der Waals surface area contributed by atoms with Crippen LogP contribution < -0.4 is 9.88 Å². The summed E-state index contributed by atoms with van der Waals surface area (Å²) in [4.78, 5) is 17.0. The third-order valence-corrected chi connectivity index (χ3v) is 5.24. The SMILES string of the molecule is [N-]=C=C1C(=S)NC(=O)[C@H]([n+]2ccc(-c3ccncc3)cc2)[C@H]1c1ccc(F)cc1. The molecule has 0 bridgehead atoms. The molecule has 2 aromatic heterocycles. The van der Waals surface area contributed by atoms with Crippen LogP contribution >= 0.6 is 12.2 Å². The first-order valence-corrected chi connectivity index (χ1v) is 9.28. The largest absolute Gasteiger partial charge is 0.763 e. The van der Waals surface area contributed by atoms with E-state index in [1.54, 1.807) is 41.5 Å². The first kappa shape index (κ1) is 18.8. The Labute approximate surface area is 172 Å². The second kappa shape index (κ2) is 7.83. The van der Waals surface area contributed by atoms with Crippen molar-refractivity contribution in [2.24, 2.45) is 0 Å². The average molecular weight is 402 g/mol. The van der Waals surface area contributed by atoms with E-state index in [2.05, 4.69) is 16.2 Å². The summed E-state index contributed by atoms with van der Waals surface area (Å²) in [6.45, 7) is 0. The minimum absolute atomic E-state index is 0.108. The van der Waals surface area contributed by atoms with Gasteiger partial charge in [-0.25, -0.2) is 4.39 Å². The van der Waals surface area contributed by atoms with Gasteiger partial charge in [0, 0.05) is 30.1 Å². The predicted octanol–water partition coefficient (Wildman–Crippen LogP) is 3.12. The molecule has 1 fully saturated rings. The Kier molecular flexibility index (Phi) is 5.08. The van der Waals surface area contributed by atoms with Crippen LogP contribution in [0.5, 0.6) is 0 Å². The molecule has 1 amide bonds. The van der Waals surface area contributed by atoms with Crippen LogP contribution in [-0.4, -0.2) is 21.7 Å². The highest BCUT2D eigenvalue weighted by molar-refractivity contribution is 7.80. The molecule has 5 nitrogen and oxygen atoms in total. The molecule has 29 heavy (non-hydrogen) atoms. The van der Waals surface area contributed by atoms with Crippen molar-refractivity contribution in [2.75, 3.05) is 0 Å². The van der Waals surface area contributed by atoms with Crippen molar-refractivity contribution < 1.29 is 13.8 Å². The van der Waals surface area contributed by atoms with E-state index in [-0.39, 0.29) is 22.3 Å². The maximum Gasteiger partial charge on any atom is 0.295 e. The van der Waals surface area contributed by atoms with E-state index in [4.69, 9.17) is 12.2 Å². The molecule has 2 atom stereocenters. The lowest BCUT2D eigenvalue weighted by Gasteiger charge is -2.30. The van der Waals surface area contributed by atoms with Crippen molar-refractivity contribution in [2.45, 2.75) is 12.0 Å². The van der Waals surface area contributed by atoms with Gasteiger partial charge in [0.25, 0.3) is 5.91 Å². The molecule has 0 radical (unpaired) electrons. The molecule has 142 valence electrons. The number of benzene rings is 1. The molecule has 0 unspecified atom stereocenters. The summed E-state index contributed by atoms with van der Waals surface area (Å²) in [5, 5.41) is 12.3. The number of carbonyl (C=O) groups excluding carboxylic acids is 1. The molecule has 1 aliphatic rings. The Morgan fingerprint density at radius 1 is 1.03 bits per heavy atom. The van der Waals surface area contributed by atoms with Gasteiger partial charge in [0.2, 0.25) is 6.04 Å². The fourth-order valence-electron chi connectivity index (χ4n) is 3.51. The van der Waals surface area contributed by atoms with Crippen LogP contribution in [-0.2, 0) is 4.79 Å². The van der Waals surface area contributed by atoms with E-state index >= 15 is 0 Å². The number of aromatic nitrogens is 2. The highest BCUT2D eigenvalue weighted by Gasteiger charge is 2.44. The summed E-state index contributed by atoms with van der Waals surface area (Å²) in [5.74, 6) is 0.806. The van der Waals surface area contributed by atoms with Crippen LogP contribution in [0.2, 0.25) is 0 Å². The van der Waals surface area contributed by atoms with Gasteiger partial charge in [-0.1, -0.05) is 24.4 Å². The summed E-state index contributed by atoms with van der Waals surface area (Å²) < 4.78 is 15.2. The molecule has 1 N–H and O–H groups in total. The number of amides is 1. The van der Waals surface area contributed by atoms with Crippen molar-refractivity contribution in [3.63, 3.8) is 0 Å². The molecule has 3 aromatic rings. The summed E-state index contributed by atoms with van der Waals surface area (Å²) in [5.41, 5.74) is 2.90. The van der Waals surface area contributed by atoms with Crippen LogP contribution in [0, 0.1) is 5.82 Å². The van der Waals surface area contributed by atoms with E-state index in [1.807, 2.05) is 24.3 Å². The zero-order chi connectivity index (χ0) is 20.4. The number of piperidine rings is 1. The van der Waals surface area contributed by atoms with Crippen LogP contribution in [0.25, 0.3) is 16.5 Å². The van der Waals surface area contributed by atoms with Gasteiger partial charge in [0.15, 0.2) is 12.4 Å². The number of carbonyl (C=O) groups is 1. The smallest absolute Gasteiger partial charge is 0.295 e. The number of hydrogen-bond donors (Lipinski definition) is 1. The maximum absolute atomic E-state index is 13.4. The molecule has 4 rings (SSSR count). The third kappa shape index (κ3) is 3.61. The van der Waals surface area contributed by atoms with E-state index in [0.29, 0.717) is 5.56 Å². The Morgan fingerprint density at radius 3 is 2.28 bits per heavy atom. The van der Waals surface area contributed by atoms with Crippen LogP contribution in [0.15, 0.2) is 78.9 Å².